The summed E-state index contributed by atoms with van der Waals surface area (Å²) in [6, 6.07) is 1.54. The van der Waals surface area contributed by atoms with E-state index in [0.717, 1.165) is 0 Å². The molecule has 2 heterocycles. The van der Waals surface area contributed by atoms with Crippen molar-refractivity contribution < 1.29 is 13.2 Å². The number of ether oxygens (including phenoxy) is 1. The number of nitrogens with zero attached hydrogens (tertiary/aromatic N) is 2. The summed E-state index contributed by atoms with van der Waals surface area (Å²) in [4.78, 5) is 4.23. The van der Waals surface area contributed by atoms with Gasteiger partial charge in [-0.15, -0.1) is 0 Å². The van der Waals surface area contributed by atoms with Crippen molar-refractivity contribution >= 4 is 10.0 Å². The number of morpholine rings is 1. The molecule has 0 atom stereocenters. The van der Waals surface area contributed by atoms with Gasteiger partial charge in [0.25, 0.3) is 0 Å². The maximum Gasteiger partial charge on any atom is 0.243 e. The molecule has 0 aliphatic carbocycles. The van der Waals surface area contributed by atoms with Gasteiger partial charge < -0.3 is 4.74 Å². The largest absolute Gasteiger partial charge is 0.379 e. The minimum atomic E-state index is -3.38. The fourth-order valence-corrected chi connectivity index (χ4v) is 3.28. The predicted octanol–water partition coefficient (Wildman–Crippen LogP) is 0.411. The Morgan fingerprint density at radius 3 is 2.69 bits per heavy atom. The molecule has 1 aromatic heterocycles. The number of rotatable bonds is 2. The van der Waals surface area contributed by atoms with Crippen LogP contribution in [0.1, 0.15) is 5.56 Å². The number of pyridine rings is 1. The van der Waals surface area contributed by atoms with Crippen LogP contribution in [0.4, 0.5) is 0 Å². The first-order valence-corrected chi connectivity index (χ1v) is 6.55. The number of sulfonamides is 1. The molecule has 1 aliphatic heterocycles. The summed E-state index contributed by atoms with van der Waals surface area (Å²) in [6.07, 6.45) is 3.06. The Kier molecular flexibility index (Phi) is 3.22. The first kappa shape index (κ1) is 11.5. The third-order valence-corrected chi connectivity index (χ3v) is 4.62. The topological polar surface area (TPSA) is 59.5 Å². The van der Waals surface area contributed by atoms with Crippen molar-refractivity contribution in [3.05, 3.63) is 24.0 Å². The fraction of sp³-hybridized carbons (Fsp3) is 0.500. The molecule has 88 valence electrons. The fourth-order valence-electron chi connectivity index (χ4n) is 1.68. The van der Waals surface area contributed by atoms with Gasteiger partial charge in [-0.3, -0.25) is 4.98 Å². The Balaban J connectivity index is 2.35. The van der Waals surface area contributed by atoms with E-state index in [-0.39, 0.29) is 0 Å². The summed E-state index contributed by atoms with van der Waals surface area (Å²) >= 11 is 0. The molecule has 0 amide bonds. The summed E-state index contributed by atoms with van der Waals surface area (Å²) in [5.74, 6) is 0. The number of hydrogen-bond donors (Lipinski definition) is 0. The minimum Gasteiger partial charge on any atom is -0.379 e. The monoisotopic (exact) mass is 242 g/mol. The lowest BCUT2D eigenvalue weighted by atomic mass is 10.3. The van der Waals surface area contributed by atoms with Gasteiger partial charge >= 0.3 is 0 Å². The van der Waals surface area contributed by atoms with Crippen molar-refractivity contribution in [1.82, 2.24) is 9.29 Å². The second-order valence-electron chi connectivity index (χ2n) is 3.66. The SMILES string of the molecule is Cc1cnccc1S(=O)(=O)N1CCOCC1. The van der Waals surface area contributed by atoms with Crippen molar-refractivity contribution in [3.63, 3.8) is 0 Å². The molecular formula is C10H14N2O3S. The zero-order valence-corrected chi connectivity index (χ0v) is 9.90. The smallest absolute Gasteiger partial charge is 0.243 e. The molecular weight excluding hydrogens is 228 g/mol. The van der Waals surface area contributed by atoms with Crippen LogP contribution in [0.3, 0.4) is 0 Å². The Bertz CT molecular complexity index is 467. The van der Waals surface area contributed by atoms with E-state index in [1.807, 2.05) is 0 Å². The van der Waals surface area contributed by atoms with Crippen LogP contribution in [0.25, 0.3) is 0 Å². The quantitative estimate of drug-likeness (QED) is 0.753. The van der Waals surface area contributed by atoms with Gasteiger partial charge in [-0.05, 0) is 18.6 Å². The van der Waals surface area contributed by atoms with E-state index >= 15 is 0 Å². The summed E-state index contributed by atoms with van der Waals surface area (Å²) < 4.78 is 31.1. The molecule has 1 aliphatic rings. The Hall–Kier alpha value is -0.980. The lowest BCUT2D eigenvalue weighted by Crippen LogP contribution is -2.40. The minimum absolute atomic E-state index is 0.337. The Labute approximate surface area is 95.1 Å². The van der Waals surface area contributed by atoms with Crippen LogP contribution in [0.2, 0.25) is 0 Å². The molecule has 6 heteroatoms. The van der Waals surface area contributed by atoms with Crippen molar-refractivity contribution in [1.29, 1.82) is 0 Å². The van der Waals surface area contributed by atoms with E-state index in [9.17, 15) is 8.42 Å². The van der Waals surface area contributed by atoms with E-state index in [4.69, 9.17) is 4.74 Å². The van der Waals surface area contributed by atoms with Crippen LogP contribution in [0.15, 0.2) is 23.4 Å². The molecule has 1 saturated heterocycles. The molecule has 0 aromatic carbocycles. The summed E-state index contributed by atoms with van der Waals surface area (Å²) in [6.45, 7) is 3.52. The molecule has 0 bridgehead atoms. The molecule has 0 N–H and O–H groups in total. The molecule has 0 radical (unpaired) electrons. The summed E-state index contributed by atoms with van der Waals surface area (Å²) in [5.41, 5.74) is 0.675. The predicted molar refractivity (Wildman–Crippen MR) is 58.6 cm³/mol. The lowest BCUT2D eigenvalue weighted by molar-refractivity contribution is 0.0730. The average Bonchev–Trinajstić information content (AvgIpc) is 2.30. The molecule has 5 nitrogen and oxygen atoms in total. The molecule has 2 rings (SSSR count). The standard InChI is InChI=1S/C10H14N2O3S/c1-9-8-11-3-2-10(9)16(13,14)12-4-6-15-7-5-12/h2-3,8H,4-7H2,1H3. The Morgan fingerprint density at radius 1 is 1.38 bits per heavy atom. The number of aryl methyl sites for hydroxylation is 1. The van der Waals surface area contributed by atoms with Crippen LogP contribution in [-0.2, 0) is 14.8 Å². The highest BCUT2D eigenvalue weighted by molar-refractivity contribution is 7.89. The van der Waals surface area contributed by atoms with Gasteiger partial charge in [-0.1, -0.05) is 0 Å². The van der Waals surface area contributed by atoms with Crippen molar-refractivity contribution in [2.45, 2.75) is 11.8 Å². The normalized spacial score (nSPS) is 18.6. The van der Waals surface area contributed by atoms with E-state index in [1.165, 1.54) is 10.5 Å². The zero-order chi connectivity index (χ0) is 11.6. The van der Waals surface area contributed by atoms with Gasteiger partial charge in [-0.2, -0.15) is 4.31 Å². The van der Waals surface area contributed by atoms with Gasteiger partial charge in [0.05, 0.1) is 18.1 Å². The van der Waals surface area contributed by atoms with Crippen LogP contribution in [-0.4, -0.2) is 44.0 Å². The summed E-state index contributed by atoms with van der Waals surface area (Å²) in [5, 5.41) is 0. The molecule has 1 fully saturated rings. The highest BCUT2D eigenvalue weighted by Gasteiger charge is 2.27. The Morgan fingerprint density at radius 2 is 2.06 bits per heavy atom. The zero-order valence-electron chi connectivity index (χ0n) is 9.09. The van der Waals surface area contributed by atoms with Crippen LogP contribution in [0.5, 0.6) is 0 Å². The van der Waals surface area contributed by atoms with Crippen LogP contribution >= 0.6 is 0 Å². The van der Waals surface area contributed by atoms with Gasteiger partial charge in [0.2, 0.25) is 10.0 Å². The second-order valence-corrected chi connectivity index (χ2v) is 5.56. The third-order valence-electron chi connectivity index (χ3n) is 2.56. The van der Waals surface area contributed by atoms with Gasteiger partial charge in [0, 0.05) is 25.5 Å². The number of aromatic nitrogens is 1. The summed E-state index contributed by atoms with van der Waals surface area (Å²) in [7, 11) is -3.38. The van der Waals surface area contributed by atoms with E-state index in [2.05, 4.69) is 4.98 Å². The molecule has 0 saturated carbocycles. The first-order chi connectivity index (χ1) is 7.62. The van der Waals surface area contributed by atoms with Crippen molar-refractivity contribution in [2.24, 2.45) is 0 Å². The van der Waals surface area contributed by atoms with E-state index < -0.39 is 10.0 Å². The highest BCUT2D eigenvalue weighted by atomic mass is 32.2. The molecule has 0 unspecified atom stereocenters. The third kappa shape index (κ3) is 2.09. The number of hydrogen-bond acceptors (Lipinski definition) is 4. The van der Waals surface area contributed by atoms with Gasteiger partial charge in [0.1, 0.15) is 0 Å². The molecule has 16 heavy (non-hydrogen) atoms. The lowest BCUT2D eigenvalue weighted by Gasteiger charge is -2.26. The second kappa shape index (κ2) is 4.48. The maximum absolute atomic E-state index is 12.3. The average molecular weight is 242 g/mol. The van der Waals surface area contributed by atoms with Gasteiger partial charge in [-0.25, -0.2) is 8.42 Å². The molecule has 1 aromatic rings. The van der Waals surface area contributed by atoms with Crippen LogP contribution < -0.4 is 0 Å². The van der Waals surface area contributed by atoms with E-state index in [1.54, 1.807) is 19.2 Å². The first-order valence-electron chi connectivity index (χ1n) is 5.11. The molecule has 0 spiro atoms. The van der Waals surface area contributed by atoms with Crippen molar-refractivity contribution in [2.75, 3.05) is 26.3 Å². The van der Waals surface area contributed by atoms with Crippen LogP contribution in [0, 0.1) is 6.92 Å². The van der Waals surface area contributed by atoms with E-state index in [0.29, 0.717) is 36.8 Å². The van der Waals surface area contributed by atoms with Crippen molar-refractivity contribution in [3.8, 4) is 0 Å². The maximum atomic E-state index is 12.3. The van der Waals surface area contributed by atoms with Gasteiger partial charge in [0.15, 0.2) is 0 Å². The highest BCUT2D eigenvalue weighted by Crippen LogP contribution is 2.19.